The van der Waals surface area contributed by atoms with E-state index in [1.165, 1.54) is 0 Å². The van der Waals surface area contributed by atoms with Gasteiger partial charge in [0.15, 0.2) is 0 Å². The zero-order valence-electron chi connectivity index (χ0n) is 7.65. The fraction of sp³-hybridized carbons (Fsp3) is 0.333. The molecule has 0 spiro atoms. The number of likely N-dealkylation sites (N-methyl/N-ethyl adjacent to an activating group) is 1. The number of hydrogen-bond donors (Lipinski definition) is 2. The second kappa shape index (κ2) is 8.82. The third-order valence-electron chi connectivity index (χ3n) is 0.898. The molecule has 0 bridgehead atoms. The third-order valence-corrected chi connectivity index (χ3v) is 0.898. The number of hydrogen-bond acceptors (Lipinski definition) is 2. The van der Waals surface area contributed by atoms with Gasteiger partial charge < -0.3 is 11.1 Å². The minimum atomic E-state index is 0.620. The molecule has 11 heavy (non-hydrogen) atoms. The fourth-order valence-electron chi connectivity index (χ4n) is 0.332. The lowest BCUT2D eigenvalue weighted by Gasteiger charge is -1.96. The molecule has 0 aromatic rings. The van der Waals surface area contributed by atoms with Gasteiger partial charge in [-0.1, -0.05) is 27.0 Å². The third kappa shape index (κ3) is 8.82. The normalized spacial score (nSPS) is 9.18. The van der Waals surface area contributed by atoms with Gasteiger partial charge in [0, 0.05) is 18.4 Å². The van der Waals surface area contributed by atoms with Gasteiger partial charge in [0.2, 0.25) is 0 Å². The Morgan fingerprint density at radius 1 is 1.45 bits per heavy atom. The van der Waals surface area contributed by atoms with Gasteiger partial charge >= 0.3 is 0 Å². The summed E-state index contributed by atoms with van der Waals surface area (Å²) in [6, 6.07) is 0. The van der Waals surface area contributed by atoms with E-state index in [-0.39, 0.29) is 0 Å². The molecule has 2 nitrogen and oxygen atoms in total. The average molecular weight is 154 g/mol. The summed E-state index contributed by atoms with van der Waals surface area (Å²) in [6.45, 7) is 11.1. The zero-order chi connectivity index (χ0) is 9.28. The van der Waals surface area contributed by atoms with Crippen LogP contribution in [0, 0.1) is 0 Å². The van der Waals surface area contributed by atoms with Crippen LogP contribution in [0.1, 0.15) is 13.8 Å². The lowest BCUT2D eigenvalue weighted by atomic mass is 10.3. The summed E-state index contributed by atoms with van der Waals surface area (Å²) >= 11 is 0. The van der Waals surface area contributed by atoms with Crippen molar-refractivity contribution in [1.82, 2.24) is 5.32 Å². The van der Waals surface area contributed by atoms with Crippen LogP contribution in [0.15, 0.2) is 36.7 Å². The van der Waals surface area contributed by atoms with Crippen LogP contribution in [0.5, 0.6) is 0 Å². The van der Waals surface area contributed by atoms with Crippen LogP contribution in [0.3, 0.4) is 0 Å². The summed E-state index contributed by atoms with van der Waals surface area (Å²) in [7, 11) is 1.79. The highest BCUT2D eigenvalue weighted by Gasteiger charge is 1.81. The van der Waals surface area contributed by atoms with Gasteiger partial charge in [-0.2, -0.15) is 0 Å². The first-order valence-electron chi connectivity index (χ1n) is 3.67. The zero-order valence-corrected chi connectivity index (χ0v) is 7.65. The van der Waals surface area contributed by atoms with E-state index in [9.17, 15) is 0 Å². The SMILES string of the molecule is C=C/C(N)=C\C(=C)NC.CC. The summed E-state index contributed by atoms with van der Waals surface area (Å²) in [5, 5.41) is 2.83. The van der Waals surface area contributed by atoms with Crippen molar-refractivity contribution >= 4 is 0 Å². The van der Waals surface area contributed by atoms with Gasteiger partial charge in [-0.15, -0.1) is 0 Å². The van der Waals surface area contributed by atoms with E-state index in [1.54, 1.807) is 19.2 Å². The summed E-state index contributed by atoms with van der Waals surface area (Å²) in [6.07, 6.45) is 3.29. The Balaban J connectivity index is 0. The molecule has 0 rings (SSSR count). The molecule has 0 amide bonds. The molecule has 0 aliphatic heterocycles. The Morgan fingerprint density at radius 2 is 1.91 bits per heavy atom. The minimum Gasteiger partial charge on any atom is -0.399 e. The van der Waals surface area contributed by atoms with E-state index >= 15 is 0 Å². The number of rotatable bonds is 3. The number of nitrogens with two attached hydrogens (primary N) is 1. The van der Waals surface area contributed by atoms with Gasteiger partial charge in [0.1, 0.15) is 0 Å². The van der Waals surface area contributed by atoms with Gasteiger partial charge in [0.25, 0.3) is 0 Å². The van der Waals surface area contributed by atoms with Gasteiger partial charge in [-0.05, 0) is 12.2 Å². The number of nitrogens with one attached hydrogen (secondary N) is 1. The maximum Gasteiger partial charge on any atom is 0.0328 e. The second-order valence-corrected chi connectivity index (χ2v) is 1.62. The molecule has 0 radical (unpaired) electrons. The Morgan fingerprint density at radius 3 is 2.18 bits per heavy atom. The molecule has 3 N–H and O–H groups in total. The first-order chi connectivity index (χ1) is 5.20. The molecule has 2 heteroatoms. The van der Waals surface area contributed by atoms with Crippen molar-refractivity contribution in [3.05, 3.63) is 36.7 Å². The van der Waals surface area contributed by atoms with Crippen molar-refractivity contribution in [3.63, 3.8) is 0 Å². The lowest BCUT2D eigenvalue weighted by Crippen LogP contribution is -2.03. The van der Waals surface area contributed by atoms with E-state index in [1.807, 2.05) is 13.8 Å². The molecule has 0 aromatic carbocycles. The summed E-state index contributed by atoms with van der Waals surface area (Å²) in [4.78, 5) is 0. The minimum absolute atomic E-state index is 0.620. The monoisotopic (exact) mass is 154 g/mol. The van der Waals surface area contributed by atoms with Crippen LogP contribution >= 0.6 is 0 Å². The maximum absolute atomic E-state index is 5.39. The van der Waals surface area contributed by atoms with Gasteiger partial charge in [0.05, 0.1) is 0 Å². The highest BCUT2D eigenvalue weighted by molar-refractivity contribution is 5.23. The van der Waals surface area contributed by atoms with Crippen LogP contribution in [-0.2, 0) is 0 Å². The molecule has 0 saturated heterocycles. The highest BCUT2D eigenvalue weighted by atomic mass is 14.8. The Hall–Kier alpha value is -1.18. The largest absolute Gasteiger partial charge is 0.399 e. The predicted octanol–water partition coefficient (Wildman–Crippen LogP) is 1.77. The second-order valence-electron chi connectivity index (χ2n) is 1.62. The van der Waals surface area contributed by atoms with Crippen molar-refractivity contribution in [2.75, 3.05) is 7.05 Å². The molecule has 0 atom stereocenters. The standard InChI is InChI=1S/C7H12N2.C2H6/c1-4-7(8)5-6(2)9-3;1-2/h4-5,9H,1-2,8H2,3H3;1-2H3/b7-5+;. The molecule has 0 aliphatic carbocycles. The lowest BCUT2D eigenvalue weighted by molar-refractivity contribution is 1.03. The quantitative estimate of drug-likeness (QED) is 0.608. The topological polar surface area (TPSA) is 38.0 Å². The summed E-state index contributed by atoms with van der Waals surface area (Å²) in [5.41, 5.74) is 6.80. The average Bonchev–Trinajstić information content (AvgIpc) is 2.07. The smallest absolute Gasteiger partial charge is 0.0328 e. The Kier molecular flexibility index (Phi) is 10.0. The Bertz CT molecular complexity index is 146. The van der Waals surface area contributed by atoms with Crippen LogP contribution in [0.4, 0.5) is 0 Å². The van der Waals surface area contributed by atoms with Crippen LogP contribution in [-0.4, -0.2) is 7.05 Å². The van der Waals surface area contributed by atoms with Crippen LogP contribution in [0.2, 0.25) is 0 Å². The molecule has 0 aromatic heterocycles. The Labute approximate surface area is 69.5 Å². The van der Waals surface area contributed by atoms with Crippen molar-refractivity contribution in [1.29, 1.82) is 0 Å². The molecule has 64 valence electrons. The fourth-order valence-corrected chi connectivity index (χ4v) is 0.332. The van der Waals surface area contributed by atoms with Crippen LogP contribution < -0.4 is 11.1 Å². The van der Waals surface area contributed by atoms with Crippen molar-refractivity contribution in [2.24, 2.45) is 5.73 Å². The van der Waals surface area contributed by atoms with E-state index in [0.29, 0.717) is 5.70 Å². The maximum atomic E-state index is 5.39. The molecule has 0 fully saturated rings. The van der Waals surface area contributed by atoms with E-state index in [4.69, 9.17) is 5.73 Å². The number of allylic oxidation sites excluding steroid dienone is 2. The summed E-state index contributed by atoms with van der Waals surface area (Å²) < 4.78 is 0. The molecule has 0 aliphatic rings. The molecular formula is C9H18N2. The van der Waals surface area contributed by atoms with Crippen LogP contribution in [0.25, 0.3) is 0 Å². The molecular weight excluding hydrogens is 136 g/mol. The first-order valence-corrected chi connectivity index (χ1v) is 3.67. The van der Waals surface area contributed by atoms with Gasteiger partial charge in [-0.3, -0.25) is 0 Å². The van der Waals surface area contributed by atoms with E-state index in [0.717, 1.165) is 5.70 Å². The van der Waals surface area contributed by atoms with Crippen molar-refractivity contribution in [2.45, 2.75) is 13.8 Å². The first kappa shape index (κ1) is 12.5. The molecule has 0 unspecified atom stereocenters. The van der Waals surface area contributed by atoms with E-state index in [2.05, 4.69) is 18.5 Å². The van der Waals surface area contributed by atoms with Gasteiger partial charge in [-0.25, -0.2) is 0 Å². The summed E-state index contributed by atoms with van der Waals surface area (Å²) in [5.74, 6) is 0. The van der Waals surface area contributed by atoms with E-state index < -0.39 is 0 Å². The van der Waals surface area contributed by atoms with Crippen molar-refractivity contribution < 1.29 is 0 Å². The molecule has 0 heterocycles. The van der Waals surface area contributed by atoms with Crippen molar-refractivity contribution in [3.8, 4) is 0 Å². The molecule has 0 saturated carbocycles. The predicted molar refractivity (Wildman–Crippen MR) is 52.0 cm³/mol. The highest BCUT2D eigenvalue weighted by Crippen LogP contribution is 1.90.